The number of unbranched alkanes of at least 4 members (excludes halogenated alkanes) is 26. The second-order valence-corrected chi connectivity index (χ2v) is 14.4. The molecule has 1 rings (SSSR count). The molecular weight excluding hydrogens is 520 g/mol. The third-order valence-corrected chi connectivity index (χ3v) is 10.1. The van der Waals surface area contributed by atoms with E-state index in [4.69, 9.17) is 0 Å². The van der Waals surface area contributed by atoms with E-state index in [1.807, 2.05) is 0 Å². The molecule has 0 radical (unpaired) electrons. The number of imidazole rings is 1. The van der Waals surface area contributed by atoms with Gasteiger partial charge in [-0.2, -0.15) is 0 Å². The van der Waals surface area contributed by atoms with E-state index >= 15 is 0 Å². The monoisotopic (exact) mass is 602 g/mol. The van der Waals surface area contributed by atoms with Gasteiger partial charge in [0.05, 0.1) is 12.0 Å². The zero-order valence-corrected chi connectivity index (χ0v) is 30.4. The Hall–Kier alpha value is -0.790. The maximum atomic E-state index is 3.72. The van der Waals surface area contributed by atoms with E-state index < -0.39 is 0 Å². The second kappa shape index (κ2) is 31.2. The Morgan fingerprint density at radius 2 is 0.767 bits per heavy atom. The maximum absolute atomic E-state index is 3.72. The molecule has 0 bridgehead atoms. The zero-order valence-electron chi connectivity index (χ0n) is 30.4. The normalized spacial score (nSPS) is 13.1. The molecule has 0 aromatic carbocycles. The number of nitrogens with one attached hydrogen (secondary N) is 1. The lowest BCUT2D eigenvalue weighted by Gasteiger charge is -2.17. The van der Waals surface area contributed by atoms with Gasteiger partial charge in [0.1, 0.15) is 12.4 Å². The fourth-order valence-electron chi connectivity index (χ4n) is 7.12. The van der Waals surface area contributed by atoms with Crippen molar-refractivity contribution in [1.29, 1.82) is 0 Å². The lowest BCUT2D eigenvalue weighted by Crippen LogP contribution is -2.41. The highest BCUT2D eigenvalue weighted by atomic mass is 15.1. The van der Waals surface area contributed by atoms with Gasteiger partial charge in [-0.25, -0.2) is 9.55 Å². The Morgan fingerprint density at radius 1 is 0.442 bits per heavy atom. The summed E-state index contributed by atoms with van der Waals surface area (Å²) < 4.78 is 2.60. The molecule has 2 unspecified atom stereocenters. The molecule has 0 spiro atoms. The summed E-state index contributed by atoms with van der Waals surface area (Å²) in [4.78, 5) is 3.72. The molecule has 1 heterocycles. The van der Waals surface area contributed by atoms with E-state index in [1.54, 1.807) is 0 Å². The van der Waals surface area contributed by atoms with E-state index in [1.165, 1.54) is 211 Å². The fourth-order valence-corrected chi connectivity index (χ4v) is 7.12. The van der Waals surface area contributed by atoms with Crippen LogP contribution >= 0.6 is 0 Å². The van der Waals surface area contributed by atoms with Crippen LogP contribution in [-0.4, -0.2) is 4.98 Å². The van der Waals surface area contributed by atoms with Gasteiger partial charge in [0.15, 0.2) is 0 Å². The Labute approximate surface area is 272 Å². The first kappa shape index (κ1) is 40.2. The van der Waals surface area contributed by atoms with Crippen molar-refractivity contribution >= 4 is 0 Å². The quantitative estimate of drug-likeness (QED) is 0.0599. The van der Waals surface area contributed by atoms with Crippen molar-refractivity contribution in [2.45, 2.75) is 245 Å². The molecule has 0 aliphatic rings. The lowest BCUT2D eigenvalue weighted by molar-refractivity contribution is -0.727. The van der Waals surface area contributed by atoms with Crippen molar-refractivity contribution in [1.82, 2.24) is 4.98 Å². The molecule has 0 aliphatic carbocycles. The summed E-state index contributed by atoms with van der Waals surface area (Å²) >= 11 is 0. The van der Waals surface area contributed by atoms with Crippen LogP contribution in [0.25, 0.3) is 0 Å². The van der Waals surface area contributed by atoms with Crippen LogP contribution < -0.4 is 4.57 Å². The highest BCUT2D eigenvalue weighted by Gasteiger charge is 2.25. The van der Waals surface area contributed by atoms with E-state index in [-0.39, 0.29) is 0 Å². The largest absolute Gasteiger partial charge is 0.257 e. The van der Waals surface area contributed by atoms with Gasteiger partial charge >= 0.3 is 0 Å². The van der Waals surface area contributed by atoms with Crippen molar-refractivity contribution in [2.24, 2.45) is 0 Å². The molecule has 254 valence electrons. The Balaban J connectivity index is 2.27. The van der Waals surface area contributed by atoms with E-state index in [0.29, 0.717) is 12.0 Å². The van der Waals surface area contributed by atoms with Crippen LogP contribution in [0.4, 0.5) is 0 Å². The van der Waals surface area contributed by atoms with Gasteiger partial charge in [-0.1, -0.05) is 201 Å². The summed E-state index contributed by atoms with van der Waals surface area (Å²) in [5.74, 6) is 2.24. The molecule has 0 fully saturated rings. The summed E-state index contributed by atoms with van der Waals surface area (Å²) in [5, 5.41) is 0. The summed E-state index contributed by atoms with van der Waals surface area (Å²) in [6.07, 6.45) is 50.3. The molecule has 2 atom stereocenters. The first-order chi connectivity index (χ1) is 21.2. The number of hydrogen-bond acceptors (Lipinski definition) is 0. The molecule has 2 nitrogen and oxygen atoms in total. The SMILES string of the molecule is CCCCCCCCCCCCCCCCC(CCCCCCCCCCCCCCC)c1[nH]cc[n+]1C(C)CCCC. The highest BCUT2D eigenvalue weighted by molar-refractivity contribution is 4.90. The minimum atomic E-state index is 0.617. The molecule has 0 aliphatic heterocycles. The van der Waals surface area contributed by atoms with Crippen LogP contribution in [0.1, 0.15) is 251 Å². The predicted octanol–water partition coefficient (Wildman–Crippen LogP) is 14.5. The number of aromatic nitrogens is 2. The molecule has 1 aromatic rings. The van der Waals surface area contributed by atoms with Crippen molar-refractivity contribution < 1.29 is 4.57 Å². The third-order valence-electron chi connectivity index (χ3n) is 10.1. The summed E-state index contributed by atoms with van der Waals surface area (Å²) in [7, 11) is 0. The van der Waals surface area contributed by atoms with Crippen molar-refractivity contribution in [2.75, 3.05) is 0 Å². The topological polar surface area (TPSA) is 19.7 Å². The van der Waals surface area contributed by atoms with Crippen LogP contribution in [0.3, 0.4) is 0 Å². The molecule has 0 saturated carbocycles. The minimum Gasteiger partial charge on any atom is -0.247 e. The van der Waals surface area contributed by atoms with Gasteiger partial charge < -0.3 is 0 Å². The highest BCUT2D eigenvalue weighted by Crippen LogP contribution is 2.27. The zero-order chi connectivity index (χ0) is 31.1. The standard InChI is InChI=1S/C41H80N2/c1-5-8-11-13-15-17-19-21-23-25-27-29-31-33-36-40(41-42-37-38-43(41)39(4)34-10-7-3)35-32-30-28-26-24-22-20-18-16-14-12-9-6-2/h37-40H,5-36H2,1-4H3/p+1. The number of rotatable bonds is 34. The number of aromatic amines is 1. The van der Waals surface area contributed by atoms with E-state index in [0.717, 1.165) is 0 Å². The van der Waals surface area contributed by atoms with Crippen LogP contribution in [0.5, 0.6) is 0 Å². The minimum absolute atomic E-state index is 0.617. The molecule has 0 amide bonds. The van der Waals surface area contributed by atoms with Gasteiger partial charge in [-0.15, -0.1) is 0 Å². The number of hydrogen-bond donors (Lipinski definition) is 1. The van der Waals surface area contributed by atoms with Crippen LogP contribution in [0, 0.1) is 0 Å². The van der Waals surface area contributed by atoms with E-state index in [9.17, 15) is 0 Å². The molecule has 1 N–H and O–H groups in total. The molecule has 43 heavy (non-hydrogen) atoms. The molecule has 2 heteroatoms. The van der Waals surface area contributed by atoms with Crippen molar-refractivity contribution in [3.63, 3.8) is 0 Å². The molecule has 0 saturated heterocycles. The Bertz CT molecular complexity index is 664. The summed E-state index contributed by atoms with van der Waals surface area (Å²) in [6.45, 7) is 9.38. The Morgan fingerprint density at radius 3 is 1.12 bits per heavy atom. The van der Waals surface area contributed by atoms with Gasteiger partial charge in [0.2, 0.25) is 0 Å². The second-order valence-electron chi connectivity index (χ2n) is 14.4. The van der Waals surface area contributed by atoms with Crippen LogP contribution in [0.15, 0.2) is 12.4 Å². The Kier molecular flexibility index (Phi) is 29.2. The van der Waals surface area contributed by atoms with Crippen LogP contribution in [-0.2, 0) is 0 Å². The average Bonchev–Trinajstić information content (AvgIpc) is 3.51. The predicted molar refractivity (Wildman–Crippen MR) is 193 cm³/mol. The fraction of sp³-hybridized carbons (Fsp3) is 0.927. The van der Waals surface area contributed by atoms with E-state index in [2.05, 4.69) is 49.6 Å². The maximum Gasteiger partial charge on any atom is 0.257 e. The van der Waals surface area contributed by atoms with Gasteiger partial charge in [-0.05, 0) is 32.6 Å². The number of nitrogens with zero attached hydrogens (tertiary/aromatic N) is 1. The smallest absolute Gasteiger partial charge is 0.247 e. The van der Waals surface area contributed by atoms with Gasteiger partial charge in [0, 0.05) is 0 Å². The van der Waals surface area contributed by atoms with Crippen molar-refractivity contribution in [3.8, 4) is 0 Å². The molecule has 1 aromatic heterocycles. The lowest BCUT2D eigenvalue weighted by atomic mass is 9.92. The van der Waals surface area contributed by atoms with Gasteiger partial charge in [-0.3, -0.25) is 0 Å². The van der Waals surface area contributed by atoms with Crippen molar-refractivity contribution in [3.05, 3.63) is 18.2 Å². The average molecular weight is 602 g/mol. The van der Waals surface area contributed by atoms with Gasteiger partial charge in [0.25, 0.3) is 5.82 Å². The third kappa shape index (κ3) is 23.2. The summed E-state index contributed by atoms with van der Waals surface area (Å²) in [6, 6.07) is 0.617. The number of H-pyrrole nitrogens is 1. The first-order valence-corrected chi connectivity index (χ1v) is 20.3. The van der Waals surface area contributed by atoms with Crippen LogP contribution in [0.2, 0.25) is 0 Å². The summed E-state index contributed by atoms with van der Waals surface area (Å²) in [5.41, 5.74) is 0. The first-order valence-electron chi connectivity index (χ1n) is 20.3. The molecular formula is C41H81N2+.